The van der Waals surface area contributed by atoms with Crippen molar-refractivity contribution in [1.29, 1.82) is 0 Å². The third kappa shape index (κ3) is 3.82. The number of piperidine rings is 1. The summed E-state index contributed by atoms with van der Waals surface area (Å²) >= 11 is 5.76. The smallest absolute Gasteiger partial charge is 0.410 e. The fraction of sp³-hybridized carbons (Fsp3) is 0.643. The van der Waals surface area contributed by atoms with Gasteiger partial charge in [0.2, 0.25) is 0 Å². The highest BCUT2D eigenvalue weighted by Crippen LogP contribution is 2.30. The summed E-state index contributed by atoms with van der Waals surface area (Å²) in [7, 11) is 0. The van der Waals surface area contributed by atoms with E-state index in [1.165, 1.54) is 6.20 Å². The van der Waals surface area contributed by atoms with Gasteiger partial charge < -0.3 is 4.74 Å². The van der Waals surface area contributed by atoms with Crippen LogP contribution in [0.5, 0.6) is 0 Å². The minimum Gasteiger partial charge on any atom is -0.444 e. The summed E-state index contributed by atoms with van der Waals surface area (Å²) < 4.78 is 5.47. The summed E-state index contributed by atoms with van der Waals surface area (Å²) in [5.74, 6) is 0. The van der Waals surface area contributed by atoms with Gasteiger partial charge in [0.05, 0.1) is 24.1 Å². The molecule has 0 bridgehead atoms. The van der Waals surface area contributed by atoms with Gasteiger partial charge >= 0.3 is 6.09 Å². The SMILES string of the molecule is CC(C)(C)OC(=O)N1CCCCC1c1cnc(Cl)cn1. The molecule has 110 valence electrons. The predicted octanol–water partition coefficient (Wildman–Crippen LogP) is 3.59. The summed E-state index contributed by atoms with van der Waals surface area (Å²) in [6.45, 7) is 6.29. The number of rotatable bonds is 1. The van der Waals surface area contributed by atoms with Crippen LogP contribution in [0.2, 0.25) is 5.15 Å². The van der Waals surface area contributed by atoms with E-state index in [0.29, 0.717) is 11.7 Å². The maximum atomic E-state index is 12.3. The van der Waals surface area contributed by atoms with Crippen LogP contribution < -0.4 is 0 Å². The third-order valence-electron chi connectivity index (χ3n) is 3.11. The second-order valence-corrected chi connectivity index (χ2v) is 6.34. The number of halogens is 1. The fourth-order valence-electron chi connectivity index (χ4n) is 2.27. The lowest BCUT2D eigenvalue weighted by Gasteiger charge is -2.36. The van der Waals surface area contributed by atoms with E-state index < -0.39 is 5.60 Å². The Morgan fingerprint density at radius 1 is 1.35 bits per heavy atom. The molecule has 1 aromatic rings. The van der Waals surface area contributed by atoms with Crippen molar-refractivity contribution in [2.75, 3.05) is 6.54 Å². The zero-order valence-electron chi connectivity index (χ0n) is 12.1. The average Bonchev–Trinajstić information content (AvgIpc) is 2.38. The minimum absolute atomic E-state index is 0.0802. The predicted molar refractivity (Wildman–Crippen MR) is 76.6 cm³/mol. The average molecular weight is 298 g/mol. The molecule has 1 fully saturated rings. The molecule has 2 heterocycles. The van der Waals surface area contributed by atoms with Crippen LogP contribution in [-0.4, -0.2) is 33.1 Å². The summed E-state index contributed by atoms with van der Waals surface area (Å²) in [6.07, 6.45) is 5.77. The largest absolute Gasteiger partial charge is 0.444 e. The standard InChI is InChI=1S/C14H20ClN3O2/c1-14(2,3)20-13(19)18-7-5-4-6-11(18)10-8-17-12(15)9-16-10/h8-9,11H,4-7H2,1-3H3. The number of nitrogens with zero attached hydrogens (tertiary/aromatic N) is 3. The molecular weight excluding hydrogens is 278 g/mol. The number of carbonyl (C=O) groups is 1. The number of hydrogen-bond donors (Lipinski definition) is 0. The van der Waals surface area contributed by atoms with E-state index in [1.54, 1.807) is 11.1 Å². The highest BCUT2D eigenvalue weighted by atomic mass is 35.5. The molecule has 1 atom stereocenters. The maximum Gasteiger partial charge on any atom is 0.410 e. The van der Waals surface area contributed by atoms with E-state index in [4.69, 9.17) is 16.3 Å². The molecule has 2 rings (SSSR count). The summed E-state index contributed by atoms with van der Waals surface area (Å²) in [5, 5.41) is 0.355. The Labute approximate surface area is 124 Å². The van der Waals surface area contributed by atoms with Gasteiger partial charge in [-0.05, 0) is 40.0 Å². The van der Waals surface area contributed by atoms with Crippen LogP contribution in [0.15, 0.2) is 12.4 Å². The highest BCUT2D eigenvalue weighted by molar-refractivity contribution is 6.29. The van der Waals surface area contributed by atoms with E-state index >= 15 is 0 Å². The molecule has 1 aromatic heterocycles. The van der Waals surface area contributed by atoms with Crippen molar-refractivity contribution in [3.05, 3.63) is 23.2 Å². The molecule has 0 saturated carbocycles. The van der Waals surface area contributed by atoms with E-state index in [2.05, 4.69) is 9.97 Å². The van der Waals surface area contributed by atoms with Gasteiger partial charge in [0.1, 0.15) is 10.8 Å². The fourth-order valence-corrected chi connectivity index (χ4v) is 2.37. The van der Waals surface area contributed by atoms with Crippen molar-refractivity contribution in [1.82, 2.24) is 14.9 Å². The van der Waals surface area contributed by atoms with E-state index in [9.17, 15) is 4.79 Å². The Morgan fingerprint density at radius 2 is 2.10 bits per heavy atom. The van der Waals surface area contributed by atoms with Crippen molar-refractivity contribution < 1.29 is 9.53 Å². The zero-order valence-corrected chi connectivity index (χ0v) is 12.9. The van der Waals surface area contributed by atoms with Crippen LogP contribution in [0.4, 0.5) is 4.79 Å². The van der Waals surface area contributed by atoms with Gasteiger partial charge in [-0.3, -0.25) is 9.88 Å². The number of hydrogen-bond acceptors (Lipinski definition) is 4. The lowest BCUT2D eigenvalue weighted by molar-refractivity contribution is 0.00897. The first-order valence-corrected chi connectivity index (χ1v) is 7.22. The number of aromatic nitrogens is 2. The number of likely N-dealkylation sites (tertiary alicyclic amines) is 1. The zero-order chi connectivity index (χ0) is 14.8. The molecule has 0 aliphatic carbocycles. The van der Waals surface area contributed by atoms with Gasteiger partial charge in [-0.25, -0.2) is 9.78 Å². The van der Waals surface area contributed by atoms with Crippen LogP contribution in [0, 0.1) is 0 Å². The number of carbonyl (C=O) groups excluding carboxylic acids is 1. The van der Waals surface area contributed by atoms with Gasteiger partial charge in [-0.15, -0.1) is 0 Å². The third-order valence-corrected chi connectivity index (χ3v) is 3.31. The lowest BCUT2D eigenvalue weighted by atomic mass is 10.00. The second-order valence-electron chi connectivity index (χ2n) is 5.95. The van der Waals surface area contributed by atoms with Crippen molar-refractivity contribution in [3.63, 3.8) is 0 Å². The van der Waals surface area contributed by atoms with Gasteiger partial charge in [0.15, 0.2) is 0 Å². The molecule has 1 saturated heterocycles. The molecule has 1 aliphatic heterocycles. The molecule has 5 nitrogen and oxygen atoms in total. The first kappa shape index (κ1) is 15.0. The van der Waals surface area contributed by atoms with Crippen LogP contribution in [0.1, 0.15) is 51.8 Å². The Bertz CT molecular complexity index is 470. The number of amides is 1. The first-order valence-electron chi connectivity index (χ1n) is 6.84. The molecule has 0 aromatic carbocycles. The van der Waals surface area contributed by atoms with Crippen molar-refractivity contribution >= 4 is 17.7 Å². The van der Waals surface area contributed by atoms with E-state index in [-0.39, 0.29) is 12.1 Å². The van der Waals surface area contributed by atoms with Gasteiger partial charge in [-0.1, -0.05) is 11.6 Å². The van der Waals surface area contributed by atoms with Crippen LogP contribution >= 0.6 is 11.6 Å². The molecule has 1 aliphatic rings. The summed E-state index contributed by atoms with van der Waals surface area (Å²) in [5.41, 5.74) is 0.269. The first-order chi connectivity index (χ1) is 9.37. The monoisotopic (exact) mass is 297 g/mol. The van der Waals surface area contributed by atoms with Crippen molar-refractivity contribution in [3.8, 4) is 0 Å². The molecule has 20 heavy (non-hydrogen) atoms. The van der Waals surface area contributed by atoms with Crippen LogP contribution in [-0.2, 0) is 4.74 Å². The molecule has 0 radical (unpaired) electrons. The van der Waals surface area contributed by atoms with E-state index in [1.807, 2.05) is 20.8 Å². The summed E-state index contributed by atoms with van der Waals surface area (Å²) in [4.78, 5) is 22.4. The molecule has 1 amide bonds. The van der Waals surface area contributed by atoms with Crippen LogP contribution in [0.3, 0.4) is 0 Å². The normalized spacial score (nSPS) is 19.8. The highest BCUT2D eigenvalue weighted by Gasteiger charge is 2.32. The molecule has 0 spiro atoms. The Kier molecular flexibility index (Phi) is 4.48. The number of ether oxygens (including phenoxy) is 1. The Morgan fingerprint density at radius 3 is 2.70 bits per heavy atom. The second kappa shape index (κ2) is 5.95. The molecule has 6 heteroatoms. The Hall–Kier alpha value is -1.36. The summed E-state index contributed by atoms with van der Waals surface area (Å²) in [6, 6.07) is -0.0802. The van der Waals surface area contributed by atoms with Gasteiger partial charge in [0.25, 0.3) is 0 Å². The van der Waals surface area contributed by atoms with Gasteiger partial charge in [-0.2, -0.15) is 0 Å². The molecule has 0 N–H and O–H groups in total. The van der Waals surface area contributed by atoms with Gasteiger partial charge in [0, 0.05) is 6.54 Å². The Balaban J connectivity index is 2.16. The topological polar surface area (TPSA) is 55.3 Å². The maximum absolute atomic E-state index is 12.3. The van der Waals surface area contributed by atoms with E-state index in [0.717, 1.165) is 25.0 Å². The lowest BCUT2D eigenvalue weighted by Crippen LogP contribution is -2.42. The van der Waals surface area contributed by atoms with Crippen molar-refractivity contribution in [2.24, 2.45) is 0 Å². The van der Waals surface area contributed by atoms with Crippen LogP contribution in [0.25, 0.3) is 0 Å². The molecule has 1 unspecified atom stereocenters. The minimum atomic E-state index is -0.495. The van der Waals surface area contributed by atoms with Crippen molar-refractivity contribution in [2.45, 2.75) is 51.7 Å². The quantitative estimate of drug-likeness (QED) is 0.795. The molecular formula is C14H20ClN3O2.